The Balaban J connectivity index is 1.54. The fourth-order valence-corrected chi connectivity index (χ4v) is 3.73. The van der Waals surface area contributed by atoms with E-state index >= 15 is 0 Å². The molecule has 124 valence electrons. The average Bonchev–Trinajstić information content (AvgIpc) is 3.44. The van der Waals surface area contributed by atoms with Crippen LogP contribution < -0.4 is 0 Å². The molecular formula is C20H20ClNO2. The number of carbonyl (C=O) groups excluding carboxylic acids is 1. The zero-order valence-corrected chi connectivity index (χ0v) is 14.2. The molecule has 1 saturated carbocycles. The van der Waals surface area contributed by atoms with E-state index in [4.69, 9.17) is 16.3 Å². The maximum Gasteiger partial charge on any atom is 0.233 e. The van der Waals surface area contributed by atoms with Gasteiger partial charge in [0.15, 0.2) is 0 Å². The molecule has 1 amide bonds. The number of hydrogen-bond donors (Lipinski definition) is 0. The Morgan fingerprint density at radius 1 is 1.12 bits per heavy atom. The highest BCUT2D eigenvalue weighted by Gasteiger charge is 2.53. The van der Waals surface area contributed by atoms with E-state index in [-0.39, 0.29) is 17.4 Å². The summed E-state index contributed by atoms with van der Waals surface area (Å²) in [5.74, 6) is 0.217. The van der Waals surface area contributed by atoms with Crippen LogP contribution in [0.15, 0.2) is 54.6 Å². The van der Waals surface area contributed by atoms with Crippen LogP contribution in [-0.2, 0) is 14.9 Å². The molecule has 0 aromatic heterocycles. The van der Waals surface area contributed by atoms with Crippen molar-refractivity contribution in [2.45, 2.75) is 24.4 Å². The van der Waals surface area contributed by atoms with Crippen molar-refractivity contribution in [3.63, 3.8) is 0 Å². The molecule has 1 heterocycles. The lowest BCUT2D eigenvalue weighted by Gasteiger charge is -2.35. The number of morpholine rings is 1. The first-order valence-corrected chi connectivity index (χ1v) is 8.79. The fourth-order valence-electron chi connectivity index (χ4n) is 3.54. The van der Waals surface area contributed by atoms with Crippen LogP contribution in [0.1, 0.15) is 30.1 Å². The van der Waals surface area contributed by atoms with E-state index in [1.54, 1.807) is 0 Å². The third-order valence-electron chi connectivity index (χ3n) is 5.06. The van der Waals surface area contributed by atoms with Gasteiger partial charge in [0, 0.05) is 11.6 Å². The summed E-state index contributed by atoms with van der Waals surface area (Å²) in [4.78, 5) is 15.2. The van der Waals surface area contributed by atoms with E-state index in [0.29, 0.717) is 24.7 Å². The number of carbonyl (C=O) groups is 1. The molecule has 2 aromatic carbocycles. The molecule has 1 aliphatic carbocycles. The first-order valence-electron chi connectivity index (χ1n) is 8.41. The van der Waals surface area contributed by atoms with Gasteiger partial charge in [-0.1, -0.05) is 54.1 Å². The van der Waals surface area contributed by atoms with Crippen molar-refractivity contribution in [3.05, 3.63) is 70.7 Å². The van der Waals surface area contributed by atoms with Gasteiger partial charge in [0.25, 0.3) is 0 Å². The quantitative estimate of drug-likeness (QED) is 0.845. The summed E-state index contributed by atoms with van der Waals surface area (Å²) in [6.45, 7) is 1.85. The molecule has 2 aromatic rings. The van der Waals surface area contributed by atoms with Gasteiger partial charge in [-0.3, -0.25) is 4.79 Å². The van der Waals surface area contributed by atoms with E-state index in [0.717, 1.165) is 24.0 Å². The minimum absolute atomic E-state index is 0.0425. The summed E-state index contributed by atoms with van der Waals surface area (Å²) in [6.07, 6.45) is 1.76. The summed E-state index contributed by atoms with van der Waals surface area (Å²) in [6, 6.07) is 17.9. The second kappa shape index (κ2) is 6.23. The second-order valence-electron chi connectivity index (χ2n) is 6.61. The first kappa shape index (κ1) is 15.7. The normalized spacial score (nSPS) is 22.2. The predicted molar refractivity (Wildman–Crippen MR) is 94.1 cm³/mol. The molecule has 3 nitrogen and oxygen atoms in total. The number of ether oxygens (including phenoxy) is 1. The fraction of sp³-hybridized carbons (Fsp3) is 0.350. The predicted octanol–water partition coefficient (Wildman–Crippen LogP) is 3.97. The van der Waals surface area contributed by atoms with Crippen molar-refractivity contribution in [3.8, 4) is 0 Å². The molecular weight excluding hydrogens is 322 g/mol. The van der Waals surface area contributed by atoms with Gasteiger partial charge < -0.3 is 9.64 Å². The van der Waals surface area contributed by atoms with Gasteiger partial charge >= 0.3 is 0 Å². The van der Waals surface area contributed by atoms with Crippen LogP contribution >= 0.6 is 11.6 Å². The highest BCUT2D eigenvalue weighted by Crippen LogP contribution is 2.50. The molecule has 1 atom stereocenters. The minimum atomic E-state index is -0.372. The molecule has 0 spiro atoms. The Labute approximate surface area is 147 Å². The minimum Gasteiger partial charge on any atom is -0.370 e. The van der Waals surface area contributed by atoms with Crippen LogP contribution in [0, 0.1) is 0 Å². The Hall–Kier alpha value is -1.84. The molecule has 0 bridgehead atoms. The highest BCUT2D eigenvalue weighted by atomic mass is 35.5. The smallest absolute Gasteiger partial charge is 0.233 e. The van der Waals surface area contributed by atoms with E-state index in [2.05, 4.69) is 12.1 Å². The lowest BCUT2D eigenvalue weighted by Crippen LogP contribution is -2.46. The van der Waals surface area contributed by atoms with Crippen LogP contribution in [-0.4, -0.2) is 30.5 Å². The van der Waals surface area contributed by atoms with Crippen LogP contribution in [0.5, 0.6) is 0 Å². The number of halogens is 1. The van der Waals surface area contributed by atoms with Gasteiger partial charge in [-0.25, -0.2) is 0 Å². The summed E-state index contributed by atoms with van der Waals surface area (Å²) in [5.41, 5.74) is 1.80. The van der Waals surface area contributed by atoms with Crippen molar-refractivity contribution in [2.24, 2.45) is 0 Å². The third kappa shape index (κ3) is 2.83. The van der Waals surface area contributed by atoms with Gasteiger partial charge in [0.1, 0.15) is 6.10 Å². The molecule has 0 N–H and O–H groups in total. The molecule has 2 fully saturated rings. The zero-order valence-electron chi connectivity index (χ0n) is 13.5. The monoisotopic (exact) mass is 341 g/mol. The van der Waals surface area contributed by atoms with Crippen molar-refractivity contribution in [1.29, 1.82) is 0 Å². The lowest BCUT2D eigenvalue weighted by molar-refractivity contribution is -0.141. The van der Waals surface area contributed by atoms with Gasteiger partial charge in [-0.15, -0.1) is 0 Å². The van der Waals surface area contributed by atoms with Crippen molar-refractivity contribution in [2.75, 3.05) is 19.7 Å². The molecule has 24 heavy (non-hydrogen) atoms. The number of benzene rings is 2. The van der Waals surface area contributed by atoms with Crippen molar-refractivity contribution >= 4 is 17.5 Å². The Bertz CT molecular complexity index is 742. The van der Waals surface area contributed by atoms with Crippen LogP contribution in [0.2, 0.25) is 5.02 Å². The number of nitrogens with zero attached hydrogens (tertiary/aromatic N) is 1. The van der Waals surface area contributed by atoms with Gasteiger partial charge in [0.2, 0.25) is 5.91 Å². The topological polar surface area (TPSA) is 29.5 Å². The molecule has 2 aliphatic rings. The van der Waals surface area contributed by atoms with Crippen LogP contribution in [0.3, 0.4) is 0 Å². The summed E-state index contributed by atoms with van der Waals surface area (Å²) in [5, 5.41) is 0.690. The molecule has 1 saturated heterocycles. The van der Waals surface area contributed by atoms with E-state index in [1.165, 1.54) is 0 Å². The average molecular weight is 342 g/mol. The van der Waals surface area contributed by atoms with Gasteiger partial charge in [0.05, 0.1) is 18.6 Å². The maximum absolute atomic E-state index is 13.2. The summed E-state index contributed by atoms with van der Waals surface area (Å²) in [7, 11) is 0. The second-order valence-corrected chi connectivity index (χ2v) is 7.05. The van der Waals surface area contributed by atoms with Gasteiger partial charge in [-0.2, -0.15) is 0 Å². The SMILES string of the molecule is O=C(N1CCO[C@@H](c2ccccc2)C1)C1(c2cccc(Cl)c2)CC1. The Morgan fingerprint density at radius 2 is 1.92 bits per heavy atom. The first-order chi connectivity index (χ1) is 11.7. The van der Waals surface area contributed by atoms with Crippen LogP contribution in [0.4, 0.5) is 0 Å². The van der Waals surface area contributed by atoms with E-state index in [9.17, 15) is 4.79 Å². The molecule has 1 aliphatic heterocycles. The Kier molecular flexibility index (Phi) is 4.07. The molecule has 4 heteroatoms. The Morgan fingerprint density at radius 3 is 2.62 bits per heavy atom. The largest absolute Gasteiger partial charge is 0.370 e. The zero-order chi connectivity index (χ0) is 16.6. The lowest BCUT2D eigenvalue weighted by atomic mass is 9.93. The number of rotatable bonds is 3. The number of amides is 1. The number of hydrogen-bond acceptors (Lipinski definition) is 2. The third-order valence-corrected chi connectivity index (χ3v) is 5.30. The molecule has 4 rings (SSSR count). The summed E-state index contributed by atoms with van der Waals surface area (Å²) < 4.78 is 5.89. The van der Waals surface area contributed by atoms with Crippen molar-refractivity contribution in [1.82, 2.24) is 4.90 Å². The van der Waals surface area contributed by atoms with E-state index < -0.39 is 0 Å². The highest BCUT2D eigenvalue weighted by molar-refractivity contribution is 6.30. The maximum atomic E-state index is 13.2. The van der Waals surface area contributed by atoms with Crippen molar-refractivity contribution < 1.29 is 9.53 Å². The molecule has 0 unspecified atom stereocenters. The molecule has 0 radical (unpaired) electrons. The standard InChI is InChI=1S/C20H20ClNO2/c21-17-8-4-7-16(13-17)20(9-10-20)19(23)22-11-12-24-18(14-22)15-5-2-1-3-6-15/h1-8,13,18H,9-12,14H2/t18-/m1/s1. The van der Waals surface area contributed by atoms with Crippen LogP contribution in [0.25, 0.3) is 0 Å². The van der Waals surface area contributed by atoms with Gasteiger partial charge in [-0.05, 0) is 36.1 Å². The summed E-state index contributed by atoms with van der Waals surface area (Å²) >= 11 is 6.13. The van der Waals surface area contributed by atoms with E-state index in [1.807, 2.05) is 47.4 Å².